The number of benzene rings is 2. The van der Waals surface area contributed by atoms with Crippen molar-refractivity contribution in [2.24, 2.45) is 0 Å². The van der Waals surface area contributed by atoms with Crippen molar-refractivity contribution in [3.63, 3.8) is 0 Å². The molecule has 2 N–H and O–H groups in total. The molecule has 1 unspecified atom stereocenters. The second-order valence-corrected chi connectivity index (χ2v) is 9.29. The lowest BCUT2D eigenvalue weighted by Gasteiger charge is -2.20. The maximum absolute atomic E-state index is 13.2. The number of sulfonamides is 1. The van der Waals surface area contributed by atoms with Gasteiger partial charge in [0.15, 0.2) is 0 Å². The van der Waals surface area contributed by atoms with Crippen LogP contribution in [0.3, 0.4) is 0 Å². The normalized spacial score (nSPS) is 16.8. The van der Waals surface area contributed by atoms with E-state index in [0.717, 1.165) is 37.1 Å². The lowest BCUT2D eigenvalue weighted by atomic mass is 9.94. The van der Waals surface area contributed by atoms with Crippen LogP contribution in [0.15, 0.2) is 42.5 Å². The van der Waals surface area contributed by atoms with Crippen LogP contribution in [-0.2, 0) is 22.9 Å². The summed E-state index contributed by atoms with van der Waals surface area (Å²) in [5.41, 5.74) is 3.56. The molecule has 5 nitrogen and oxygen atoms in total. The number of halogens is 1. The van der Waals surface area contributed by atoms with Gasteiger partial charge in [-0.15, -0.1) is 0 Å². The van der Waals surface area contributed by atoms with Crippen molar-refractivity contribution in [3.8, 4) is 5.75 Å². The van der Waals surface area contributed by atoms with Gasteiger partial charge in [0.2, 0.25) is 10.0 Å². The monoisotopic (exact) mass is 420 g/mol. The van der Waals surface area contributed by atoms with Crippen molar-refractivity contribution in [3.05, 3.63) is 65.0 Å². The molecule has 1 heterocycles. The molecule has 0 aliphatic carbocycles. The van der Waals surface area contributed by atoms with Crippen LogP contribution >= 0.6 is 0 Å². The highest BCUT2D eigenvalue weighted by Crippen LogP contribution is 2.29. The predicted molar refractivity (Wildman–Crippen MR) is 113 cm³/mol. The number of rotatable bonds is 9. The van der Waals surface area contributed by atoms with Crippen LogP contribution < -0.4 is 14.8 Å². The number of aryl methyl sites for hydroxylation is 1. The third kappa shape index (κ3) is 6.52. The molecule has 158 valence electrons. The van der Waals surface area contributed by atoms with Crippen molar-refractivity contribution in [2.45, 2.75) is 38.6 Å². The van der Waals surface area contributed by atoms with Gasteiger partial charge in [-0.1, -0.05) is 25.1 Å². The van der Waals surface area contributed by atoms with E-state index >= 15 is 0 Å². The highest BCUT2D eigenvalue weighted by molar-refractivity contribution is 7.89. The zero-order chi connectivity index (χ0) is 20.7. The summed E-state index contributed by atoms with van der Waals surface area (Å²) in [5.74, 6) is 0.627. The van der Waals surface area contributed by atoms with Crippen LogP contribution in [0, 0.1) is 5.82 Å². The zero-order valence-corrected chi connectivity index (χ0v) is 17.6. The van der Waals surface area contributed by atoms with E-state index in [1.807, 2.05) is 31.2 Å². The minimum absolute atomic E-state index is 0.128. The summed E-state index contributed by atoms with van der Waals surface area (Å²) in [6, 6.07) is 12.8. The molecule has 1 aliphatic rings. The van der Waals surface area contributed by atoms with Crippen LogP contribution in [0.25, 0.3) is 0 Å². The molecule has 0 saturated heterocycles. The maximum atomic E-state index is 13.2. The van der Waals surface area contributed by atoms with Gasteiger partial charge in [0, 0.05) is 12.6 Å². The molecule has 29 heavy (non-hydrogen) atoms. The molecule has 2 aromatic rings. The van der Waals surface area contributed by atoms with Crippen molar-refractivity contribution >= 4 is 10.0 Å². The van der Waals surface area contributed by atoms with Crippen LogP contribution in [-0.4, -0.2) is 33.9 Å². The summed E-state index contributed by atoms with van der Waals surface area (Å²) in [6.45, 7) is 3.28. The van der Waals surface area contributed by atoms with E-state index in [0.29, 0.717) is 6.42 Å². The Morgan fingerprint density at radius 1 is 1.21 bits per heavy atom. The second-order valence-electron chi connectivity index (χ2n) is 7.36. The molecule has 1 aliphatic heterocycles. The smallest absolute Gasteiger partial charge is 0.211 e. The van der Waals surface area contributed by atoms with Crippen LogP contribution in [0.5, 0.6) is 5.75 Å². The number of nitrogens with one attached hydrogen (secondary N) is 2. The first kappa shape index (κ1) is 21.7. The average Bonchev–Trinajstić information content (AvgIpc) is 2.89. The highest BCUT2D eigenvalue weighted by atomic mass is 32.2. The Kier molecular flexibility index (Phi) is 7.64. The van der Waals surface area contributed by atoms with Crippen molar-refractivity contribution < 1.29 is 17.5 Å². The van der Waals surface area contributed by atoms with Gasteiger partial charge in [-0.3, -0.25) is 0 Å². The molecule has 0 aromatic heterocycles. The second kappa shape index (κ2) is 10.2. The van der Waals surface area contributed by atoms with E-state index in [2.05, 4.69) is 16.1 Å². The third-order valence-corrected chi connectivity index (χ3v) is 6.61. The maximum Gasteiger partial charge on any atom is 0.211 e. The van der Waals surface area contributed by atoms with Gasteiger partial charge in [0.1, 0.15) is 18.2 Å². The number of ether oxygens (including phenoxy) is 1. The fourth-order valence-corrected chi connectivity index (χ4v) is 4.70. The Balaban J connectivity index is 1.66. The molecule has 0 fully saturated rings. The summed E-state index contributed by atoms with van der Waals surface area (Å²) in [7, 11) is -3.22. The summed E-state index contributed by atoms with van der Waals surface area (Å²) in [6.07, 6.45) is 3.42. The van der Waals surface area contributed by atoms with E-state index in [-0.39, 0.29) is 30.8 Å². The number of hydrogen-bond donors (Lipinski definition) is 2. The molecule has 3 rings (SSSR count). The van der Waals surface area contributed by atoms with E-state index in [9.17, 15) is 12.8 Å². The Bertz CT molecular complexity index is 901. The minimum Gasteiger partial charge on any atom is -0.492 e. The Morgan fingerprint density at radius 3 is 2.76 bits per heavy atom. The summed E-state index contributed by atoms with van der Waals surface area (Å²) < 4.78 is 45.0. The quantitative estimate of drug-likeness (QED) is 0.611. The van der Waals surface area contributed by atoms with Gasteiger partial charge in [0.25, 0.3) is 0 Å². The summed E-state index contributed by atoms with van der Waals surface area (Å²) >= 11 is 0. The molecule has 2 aromatic carbocycles. The summed E-state index contributed by atoms with van der Waals surface area (Å²) in [4.78, 5) is 0. The molecule has 0 spiro atoms. The Hall–Kier alpha value is -1.96. The van der Waals surface area contributed by atoms with E-state index in [1.165, 1.54) is 23.3 Å². The predicted octanol–water partition coefficient (Wildman–Crippen LogP) is 3.35. The molecule has 7 heteroatoms. The summed E-state index contributed by atoms with van der Waals surface area (Å²) in [5, 5.41) is 3.59. The lowest BCUT2D eigenvalue weighted by molar-refractivity contribution is 0.322. The molecule has 0 amide bonds. The minimum atomic E-state index is -3.22. The first-order valence-electron chi connectivity index (χ1n) is 10.2. The Morgan fingerprint density at radius 2 is 2.00 bits per heavy atom. The van der Waals surface area contributed by atoms with Crippen molar-refractivity contribution in [1.29, 1.82) is 0 Å². The first-order valence-corrected chi connectivity index (χ1v) is 11.8. The van der Waals surface area contributed by atoms with Gasteiger partial charge in [-0.2, -0.15) is 0 Å². The van der Waals surface area contributed by atoms with Crippen LogP contribution in [0.2, 0.25) is 0 Å². The molecule has 0 radical (unpaired) electrons. The standard InChI is InChI=1S/C22H29FN2O3S/c1-2-14-29(26,27)25-12-13-28-20-10-7-18-4-3-11-24-22(21(18)16-20)15-17-5-8-19(23)9-6-17/h5-10,16,22,24-25H,2-4,11-15H2,1H3. The molecular weight excluding hydrogens is 391 g/mol. The highest BCUT2D eigenvalue weighted by Gasteiger charge is 2.19. The average molecular weight is 421 g/mol. The number of fused-ring (bicyclic) bond motifs is 1. The first-order chi connectivity index (χ1) is 14.0. The fraction of sp³-hybridized carbons (Fsp3) is 0.455. The third-order valence-electron chi connectivity index (χ3n) is 5.03. The van der Waals surface area contributed by atoms with Gasteiger partial charge in [0.05, 0.1) is 5.75 Å². The van der Waals surface area contributed by atoms with E-state index in [1.54, 1.807) is 0 Å². The van der Waals surface area contributed by atoms with Gasteiger partial charge in [-0.25, -0.2) is 17.5 Å². The Labute approximate surface area is 172 Å². The van der Waals surface area contributed by atoms with Gasteiger partial charge >= 0.3 is 0 Å². The molecule has 1 atom stereocenters. The van der Waals surface area contributed by atoms with Crippen molar-refractivity contribution in [2.75, 3.05) is 25.4 Å². The fourth-order valence-electron chi connectivity index (χ4n) is 3.63. The molecular formula is C22H29FN2O3S. The zero-order valence-electron chi connectivity index (χ0n) is 16.8. The molecule has 0 bridgehead atoms. The van der Waals surface area contributed by atoms with Crippen LogP contribution in [0.1, 0.15) is 42.5 Å². The van der Waals surface area contributed by atoms with E-state index in [4.69, 9.17) is 4.74 Å². The molecule has 0 saturated carbocycles. The lowest BCUT2D eigenvalue weighted by Crippen LogP contribution is -2.30. The van der Waals surface area contributed by atoms with Gasteiger partial charge < -0.3 is 10.1 Å². The van der Waals surface area contributed by atoms with E-state index < -0.39 is 10.0 Å². The van der Waals surface area contributed by atoms with Crippen LogP contribution in [0.4, 0.5) is 4.39 Å². The number of hydrogen-bond acceptors (Lipinski definition) is 4. The topological polar surface area (TPSA) is 67.4 Å². The van der Waals surface area contributed by atoms with Crippen molar-refractivity contribution in [1.82, 2.24) is 10.0 Å². The largest absolute Gasteiger partial charge is 0.492 e. The SMILES string of the molecule is CCCS(=O)(=O)NCCOc1ccc2c(c1)C(Cc1ccc(F)cc1)NCCC2. The van der Waals surface area contributed by atoms with Gasteiger partial charge in [-0.05, 0) is 73.2 Å².